The third-order valence-electron chi connectivity index (χ3n) is 3.45. The number of nitrogens with one attached hydrogen (secondary N) is 2. The molecule has 1 atom stereocenters. The monoisotopic (exact) mass is 287 g/mol. The maximum absolute atomic E-state index is 5.64. The highest BCUT2D eigenvalue weighted by atomic mass is 16.5. The molecule has 0 fully saturated rings. The molecule has 114 valence electrons. The summed E-state index contributed by atoms with van der Waals surface area (Å²) in [6, 6.07) is 11.0. The molecule has 1 aromatic heterocycles. The van der Waals surface area contributed by atoms with Crippen LogP contribution >= 0.6 is 0 Å². The molecule has 0 aliphatic carbocycles. The van der Waals surface area contributed by atoms with Crippen molar-refractivity contribution in [1.29, 1.82) is 0 Å². The first-order valence-electron chi connectivity index (χ1n) is 7.51. The highest BCUT2D eigenvalue weighted by Gasteiger charge is 2.06. The Hall–Kier alpha value is -1.81. The van der Waals surface area contributed by atoms with E-state index in [2.05, 4.69) is 60.6 Å². The number of ether oxygens (including phenoxy) is 1. The molecule has 0 bridgehead atoms. The summed E-state index contributed by atoms with van der Waals surface area (Å²) in [5.74, 6) is 1.16. The van der Waals surface area contributed by atoms with Crippen molar-refractivity contribution in [1.82, 2.24) is 15.5 Å². The van der Waals surface area contributed by atoms with Gasteiger partial charge in [-0.1, -0.05) is 45.0 Å². The number of H-pyrrole nitrogens is 1. The van der Waals surface area contributed by atoms with Crippen molar-refractivity contribution < 1.29 is 4.74 Å². The fraction of sp³-hybridized carbons (Fsp3) is 0.471. The molecule has 0 saturated carbocycles. The highest BCUT2D eigenvalue weighted by Crippen LogP contribution is 2.16. The number of benzene rings is 1. The number of aromatic amines is 1. The number of rotatable bonds is 7. The maximum Gasteiger partial charge on any atom is 0.233 e. The molecule has 0 saturated heterocycles. The van der Waals surface area contributed by atoms with Gasteiger partial charge in [-0.05, 0) is 24.0 Å². The van der Waals surface area contributed by atoms with E-state index in [9.17, 15) is 0 Å². The molecule has 1 unspecified atom stereocenters. The van der Waals surface area contributed by atoms with E-state index in [0.29, 0.717) is 24.4 Å². The van der Waals surface area contributed by atoms with Crippen LogP contribution in [0.4, 0.5) is 0 Å². The van der Waals surface area contributed by atoms with E-state index in [1.807, 2.05) is 13.0 Å². The van der Waals surface area contributed by atoms with E-state index in [-0.39, 0.29) is 0 Å². The van der Waals surface area contributed by atoms with Crippen molar-refractivity contribution in [3.05, 3.63) is 47.2 Å². The zero-order valence-corrected chi connectivity index (χ0v) is 13.3. The first-order valence-corrected chi connectivity index (χ1v) is 7.51. The summed E-state index contributed by atoms with van der Waals surface area (Å²) >= 11 is 0. The standard InChI is InChI=1S/C17H25N3O/c1-12(2)18-10-13(3)16-7-5-15(6-8-16)11-21-17-9-14(4)19-20-17/h5-9,12-13,18H,10-11H2,1-4H3,(H,19,20). The van der Waals surface area contributed by atoms with Gasteiger partial charge in [0, 0.05) is 24.3 Å². The summed E-state index contributed by atoms with van der Waals surface area (Å²) in [6.07, 6.45) is 0. The summed E-state index contributed by atoms with van der Waals surface area (Å²) in [5.41, 5.74) is 3.51. The van der Waals surface area contributed by atoms with Crippen molar-refractivity contribution in [3.8, 4) is 5.88 Å². The molecule has 4 heteroatoms. The predicted octanol–water partition coefficient (Wildman–Crippen LogP) is 3.40. The summed E-state index contributed by atoms with van der Waals surface area (Å²) in [5, 5.41) is 10.4. The van der Waals surface area contributed by atoms with Crippen LogP contribution in [0.15, 0.2) is 30.3 Å². The van der Waals surface area contributed by atoms with Crippen LogP contribution in [0.3, 0.4) is 0 Å². The minimum atomic E-state index is 0.511. The topological polar surface area (TPSA) is 49.9 Å². The van der Waals surface area contributed by atoms with Gasteiger partial charge in [0.1, 0.15) is 6.61 Å². The van der Waals surface area contributed by atoms with Gasteiger partial charge >= 0.3 is 0 Å². The van der Waals surface area contributed by atoms with Crippen molar-refractivity contribution in [3.63, 3.8) is 0 Å². The van der Waals surface area contributed by atoms with Gasteiger partial charge < -0.3 is 10.1 Å². The second kappa shape index (κ2) is 7.27. The Bertz CT molecular complexity index is 545. The highest BCUT2D eigenvalue weighted by molar-refractivity contribution is 5.25. The lowest BCUT2D eigenvalue weighted by molar-refractivity contribution is 0.293. The van der Waals surface area contributed by atoms with Gasteiger partial charge in [0.2, 0.25) is 5.88 Å². The molecule has 2 aromatic rings. The van der Waals surface area contributed by atoms with Gasteiger partial charge in [-0.2, -0.15) is 0 Å². The van der Waals surface area contributed by atoms with Crippen LogP contribution in [-0.4, -0.2) is 22.8 Å². The van der Waals surface area contributed by atoms with Crippen LogP contribution in [-0.2, 0) is 6.61 Å². The van der Waals surface area contributed by atoms with Crippen LogP contribution in [0.2, 0.25) is 0 Å². The Kier molecular flexibility index (Phi) is 5.39. The molecular formula is C17H25N3O. The summed E-state index contributed by atoms with van der Waals surface area (Å²) in [7, 11) is 0. The molecule has 0 amide bonds. The van der Waals surface area contributed by atoms with E-state index in [4.69, 9.17) is 4.74 Å². The van der Waals surface area contributed by atoms with Gasteiger partial charge in [-0.3, -0.25) is 5.10 Å². The Morgan fingerprint density at radius 1 is 1.19 bits per heavy atom. The van der Waals surface area contributed by atoms with Crippen LogP contribution in [0.5, 0.6) is 5.88 Å². The Morgan fingerprint density at radius 2 is 1.90 bits per heavy atom. The predicted molar refractivity (Wildman–Crippen MR) is 85.7 cm³/mol. The average molecular weight is 287 g/mol. The molecule has 21 heavy (non-hydrogen) atoms. The molecule has 1 aromatic carbocycles. The lowest BCUT2D eigenvalue weighted by atomic mass is 9.99. The van der Waals surface area contributed by atoms with Gasteiger partial charge in [0.15, 0.2) is 0 Å². The van der Waals surface area contributed by atoms with Crippen molar-refractivity contribution in [2.75, 3.05) is 6.54 Å². The SMILES string of the molecule is Cc1cc(OCc2ccc(C(C)CNC(C)C)cc2)n[nH]1. The number of hydrogen-bond donors (Lipinski definition) is 2. The first-order chi connectivity index (χ1) is 10.0. The quantitative estimate of drug-likeness (QED) is 0.820. The summed E-state index contributed by atoms with van der Waals surface area (Å²) in [4.78, 5) is 0. The molecule has 0 radical (unpaired) electrons. The molecule has 1 heterocycles. The lowest BCUT2D eigenvalue weighted by Gasteiger charge is -2.15. The second-order valence-electron chi connectivity index (χ2n) is 5.88. The molecular weight excluding hydrogens is 262 g/mol. The molecule has 0 aliphatic rings. The molecule has 2 rings (SSSR count). The van der Waals surface area contributed by atoms with Crippen LogP contribution < -0.4 is 10.1 Å². The van der Waals surface area contributed by atoms with Gasteiger partial charge in [0.25, 0.3) is 0 Å². The van der Waals surface area contributed by atoms with E-state index in [1.54, 1.807) is 0 Å². The number of hydrogen-bond acceptors (Lipinski definition) is 3. The first kappa shape index (κ1) is 15.6. The Balaban J connectivity index is 1.86. The fourth-order valence-corrected chi connectivity index (χ4v) is 2.10. The second-order valence-corrected chi connectivity index (χ2v) is 5.88. The van der Waals surface area contributed by atoms with Gasteiger partial charge in [-0.25, -0.2) is 0 Å². The third kappa shape index (κ3) is 4.90. The largest absolute Gasteiger partial charge is 0.472 e. The maximum atomic E-state index is 5.64. The van der Waals surface area contributed by atoms with E-state index in [0.717, 1.165) is 17.8 Å². The van der Waals surface area contributed by atoms with E-state index >= 15 is 0 Å². The number of aromatic nitrogens is 2. The molecule has 2 N–H and O–H groups in total. The van der Waals surface area contributed by atoms with Gasteiger partial charge in [0.05, 0.1) is 0 Å². The minimum absolute atomic E-state index is 0.511. The smallest absolute Gasteiger partial charge is 0.233 e. The molecule has 0 aliphatic heterocycles. The number of nitrogens with zero attached hydrogens (tertiary/aromatic N) is 1. The van der Waals surface area contributed by atoms with E-state index < -0.39 is 0 Å². The van der Waals surface area contributed by atoms with Crippen LogP contribution in [0.25, 0.3) is 0 Å². The fourth-order valence-electron chi connectivity index (χ4n) is 2.10. The Morgan fingerprint density at radius 3 is 2.48 bits per heavy atom. The number of aryl methyl sites for hydroxylation is 1. The third-order valence-corrected chi connectivity index (χ3v) is 3.45. The van der Waals surface area contributed by atoms with Crippen molar-refractivity contribution >= 4 is 0 Å². The molecule has 0 spiro atoms. The summed E-state index contributed by atoms with van der Waals surface area (Å²) < 4.78 is 5.64. The average Bonchev–Trinajstić information content (AvgIpc) is 2.89. The zero-order chi connectivity index (χ0) is 15.2. The van der Waals surface area contributed by atoms with Gasteiger partial charge in [-0.15, -0.1) is 5.10 Å². The van der Waals surface area contributed by atoms with Crippen LogP contribution in [0, 0.1) is 6.92 Å². The normalized spacial score (nSPS) is 12.6. The minimum Gasteiger partial charge on any atom is -0.472 e. The van der Waals surface area contributed by atoms with Crippen LogP contribution in [0.1, 0.15) is 43.5 Å². The molecule has 4 nitrogen and oxygen atoms in total. The van der Waals surface area contributed by atoms with Crippen molar-refractivity contribution in [2.45, 2.75) is 46.3 Å². The lowest BCUT2D eigenvalue weighted by Crippen LogP contribution is -2.26. The summed E-state index contributed by atoms with van der Waals surface area (Å²) in [6.45, 7) is 10.1. The zero-order valence-electron chi connectivity index (χ0n) is 13.3. The Labute approximate surface area is 126 Å². The van der Waals surface area contributed by atoms with Crippen molar-refractivity contribution in [2.24, 2.45) is 0 Å². The van der Waals surface area contributed by atoms with E-state index in [1.165, 1.54) is 5.56 Å².